The van der Waals surface area contributed by atoms with Gasteiger partial charge in [0.2, 0.25) is 5.91 Å². The molecule has 0 aliphatic rings. The van der Waals surface area contributed by atoms with E-state index in [-0.39, 0.29) is 24.2 Å². The fourth-order valence-electron chi connectivity index (χ4n) is 3.19. The Kier molecular flexibility index (Phi) is 7.34. The molecule has 0 spiro atoms. The Morgan fingerprint density at radius 2 is 1.71 bits per heavy atom. The number of nitrogens with zero attached hydrogens (tertiary/aromatic N) is 3. The Labute approximate surface area is 197 Å². The van der Waals surface area contributed by atoms with Crippen molar-refractivity contribution in [2.75, 3.05) is 23.7 Å². The van der Waals surface area contributed by atoms with Gasteiger partial charge >= 0.3 is 6.03 Å². The number of urea groups is 1. The maximum atomic E-state index is 13.9. The van der Waals surface area contributed by atoms with Crippen molar-refractivity contribution in [3.63, 3.8) is 0 Å². The van der Waals surface area contributed by atoms with E-state index >= 15 is 0 Å². The first-order valence-corrected chi connectivity index (χ1v) is 11.0. The summed E-state index contributed by atoms with van der Waals surface area (Å²) in [5.41, 5.74) is 2.26. The van der Waals surface area contributed by atoms with Crippen molar-refractivity contribution in [3.05, 3.63) is 71.4 Å². The molecular formula is C25H29F2N5O2. The van der Waals surface area contributed by atoms with Crippen LogP contribution in [0.1, 0.15) is 39.0 Å². The Morgan fingerprint density at radius 3 is 2.29 bits per heavy atom. The van der Waals surface area contributed by atoms with Crippen LogP contribution >= 0.6 is 0 Å². The molecule has 180 valence electrons. The van der Waals surface area contributed by atoms with Gasteiger partial charge in [0, 0.05) is 24.1 Å². The van der Waals surface area contributed by atoms with Crippen molar-refractivity contribution in [1.82, 2.24) is 14.7 Å². The molecule has 0 aliphatic carbocycles. The van der Waals surface area contributed by atoms with Crippen molar-refractivity contribution >= 4 is 23.4 Å². The first-order chi connectivity index (χ1) is 16.0. The number of hydrogen-bond acceptors (Lipinski definition) is 3. The van der Waals surface area contributed by atoms with Crippen LogP contribution in [0.2, 0.25) is 0 Å². The van der Waals surface area contributed by atoms with Crippen LogP contribution in [0.5, 0.6) is 0 Å². The van der Waals surface area contributed by atoms with Gasteiger partial charge in [-0.15, -0.1) is 0 Å². The molecule has 1 aromatic heterocycles. The van der Waals surface area contributed by atoms with Crippen LogP contribution in [0.25, 0.3) is 5.69 Å². The van der Waals surface area contributed by atoms with Crippen LogP contribution in [-0.4, -0.2) is 39.7 Å². The van der Waals surface area contributed by atoms with E-state index < -0.39 is 23.6 Å². The van der Waals surface area contributed by atoms with Crippen LogP contribution in [-0.2, 0) is 10.2 Å². The molecule has 0 saturated heterocycles. The molecule has 7 nitrogen and oxygen atoms in total. The van der Waals surface area contributed by atoms with Gasteiger partial charge in [-0.3, -0.25) is 4.79 Å². The zero-order valence-electron chi connectivity index (χ0n) is 19.9. The smallest absolute Gasteiger partial charge is 0.315 e. The lowest BCUT2D eigenvalue weighted by Gasteiger charge is -2.21. The van der Waals surface area contributed by atoms with Crippen molar-refractivity contribution in [2.45, 2.75) is 40.0 Å². The Bertz CT molecular complexity index is 1180. The van der Waals surface area contributed by atoms with Gasteiger partial charge in [-0.1, -0.05) is 38.5 Å². The quantitative estimate of drug-likeness (QED) is 0.518. The number of hydrogen-bond donors (Lipinski definition) is 2. The molecule has 0 bridgehead atoms. The minimum Gasteiger partial charge on any atom is -0.315 e. The molecule has 0 unspecified atom stereocenters. The maximum Gasteiger partial charge on any atom is 0.322 e. The second-order valence-electron chi connectivity index (χ2n) is 9.03. The van der Waals surface area contributed by atoms with Crippen LogP contribution < -0.4 is 10.6 Å². The summed E-state index contributed by atoms with van der Waals surface area (Å²) < 4.78 is 28.7. The molecule has 0 aliphatic heterocycles. The lowest BCUT2D eigenvalue weighted by Crippen LogP contribution is -2.40. The molecule has 3 aromatic rings. The third-order valence-electron chi connectivity index (χ3n) is 5.20. The molecule has 0 atom stereocenters. The van der Waals surface area contributed by atoms with E-state index in [0.717, 1.165) is 29.1 Å². The predicted octanol–water partition coefficient (Wildman–Crippen LogP) is 5.25. The lowest BCUT2D eigenvalue weighted by atomic mass is 9.92. The fraction of sp³-hybridized carbons (Fsp3) is 0.320. The predicted molar refractivity (Wildman–Crippen MR) is 128 cm³/mol. The summed E-state index contributed by atoms with van der Waals surface area (Å²) >= 11 is 0. The normalized spacial score (nSPS) is 11.3. The van der Waals surface area contributed by atoms with Gasteiger partial charge in [0.1, 0.15) is 24.0 Å². The number of anilines is 2. The second-order valence-corrected chi connectivity index (χ2v) is 9.03. The van der Waals surface area contributed by atoms with Gasteiger partial charge < -0.3 is 15.5 Å². The van der Waals surface area contributed by atoms with Gasteiger partial charge in [0.05, 0.1) is 17.1 Å². The first kappa shape index (κ1) is 24.9. The van der Waals surface area contributed by atoms with Gasteiger partial charge in [-0.05, 0) is 38.1 Å². The Hall–Kier alpha value is -3.75. The third-order valence-corrected chi connectivity index (χ3v) is 5.20. The zero-order chi connectivity index (χ0) is 25.0. The maximum absolute atomic E-state index is 13.9. The molecular weight excluding hydrogens is 440 g/mol. The molecule has 1 heterocycles. The highest BCUT2D eigenvalue weighted by atomic mass is 19.1. The van der Waals surface area contributed by atoms with Gasteiger partial charge in [-0.2, -0.15) is 5.10 Å². The molecule has 34 heavy (non-hydrogen) atoms. The van der Waals surface area contributed by atoms with Crippen LogP contribution in [0.4, 0.5) is 25.1 Å². The van der Waals surface area contributed by atoms with E-state index in [1.807, 2.05) is 58.0 Å². The number of aryl methyl sites for hydroxylation is 1. The van der Waals surface area contributed by atoms with Gasteiger partial charge in [-0.25, -0.2) is 18.3 Å². The fourth-order valence-corrected chi connectivity index (χ4v) is 3.19. The summed E-state index contributed by atoms with van der Waals surface area (Å²) in [4.78, 5) is 26.6. The van der Waals surface area contributed by atoms with E-state index in [1.165, 1.54) is 4.90 Å². The Balaban J connectivity index is 1.77. The van der Waals surface area contributed by atoms with E-state index in [9.17, 15) is 18.4 Å². The largest absolute Gasteiger partial charge is 0.322 e. The molecule has 2 aromatic carbocycles. The van der Waals surface area contributed by atoms with Gasteiger partial charge in [0.15, 0.2) is 0 Å². The number of nitrogens with one attached hydrogen (secondary N) is 2. The number of rotatable bonds is 6. The van der Waals surface area contributed by atoms with E-state index in [4.69, 9.17) is 0 Å². The molecule has 2 N–H and O–H groups in total. The second kappa shape index (κ2) is 10.0. The average Bonchev–Trinajstić information content (AvgIpc) is 3.18. The topological polar surface area (TPSA) is 79.3 Å². The lowest BCUT2D eigenvalue weighted by molar-refractivity contribution is -0.116. The highest BCUT2D eigenvalue weighted by Crippen LogP contribution is 2.26. The molecule has 0 saturated carbocycles. The number of amides is 3. The monoisotopic (exact) mass is 469 g/mol. The first-order valence-electron chi connectivity index (χ1n) is 11.0. The molecule has 3 amide bonds. The van der Waals surface area contributed by atoms with Crippen LogP contribution in [0, 0.1) is 18.6 Å². The highest BCUT2D eigenvalue weighted by molar-refractivity contribution is 5.96. The summed E-state index contributed by atoms with van der Waals surface area (Å²) in [6.07, 6.45) is 0. The minimum absolute atomic E-state index is 0.169. The summed E-state index contributed by atoms with van der Waals surface area (Å²) in [6.45, 7) is 9.69. The molecule has 3 rings (SSSR count). The van der Waals surface area contributed by atoms with E-state index in [0.29, 0.717) is 11.9 Å². The Morgan fingerprint density at radius 1 is 1.03 bits per heavy atom. The molecule has 0 radical (unpaired) electrons. The van der Waals surface area contributed by atoms with Gasteiger partial charge in [0.25, 0.3) is 0 Å². The van der Waals surface area contributed by atoms with Crippen LogP contribution in [0.15, 0.2) is 48.5 Å². The standard InChI is InChI=1S/C25H29F2N5O2/c1-6-31(24(34)28-20-12-9-17(26)13-19(20)27)15-23(33)29-22-14-21(25(3,4)5)30-32(22)18-10-7-16(2)8-11-18/h7-14H,6,15H2,1-5H3,(H,28,34)(H,29,33). The minimum atomic E-state index is -0.898. The molecule has 9 heteroatoms. The highest BCUT2D eigenvalue weighted by Gasteiger charge is 2.23. The van der Waals surface area contributed by atoms with Crippen molar-refractivity contribution < 1.29 is 18.4 Å². The SMILES string of the molecule is CCN(CC(=O)Nc1cc(C(C)(C)C)nn1-c1ccc(C)cc1)C(=O)Nc1ccc(F)cc1F. The number of benzene rings is 2. The summed E-state index contributed by atoms with van der Waals surface area (Å²) in [7, 11) is 0. The van der Waals surface area contributed by atoms with E-state index in [2.05, 4.69) is 15.7 Å². The summed E-state index contributed by atoms with van der Waals surface area (Å²) in [5.74, 6) is -1.61. The van der Waals surface area contributed by atoms with Crippen molar-refractivity contribution in [3.8, 4) is 5.69 Å². The number of aromatic nitrogens is 2. The number of halogens is 2. The van der Waals surface area contributed by atoms with E-state index in [1.54, 1.807) is 11.6 Å². The summed E-state index contributed by atoms with van der Waals surface area (Å²) in [6, 6.07) is 11.7. The van der Waals surface area contributed by atoms with Crippen LogP contribution in [0.3, 0.4) is 0 Å². The van der Waals surface area contributed by atoms with Crippen molar-refractivity contribution in [2.24, 2.45) is 0 Å². The zero-order valence-corrected chi connectivity index (χ0v) is 19.9. The number of carbonyl (C=O) groups excluding carboxylic acids is 2. The number of likely N-dealkylation sites (N-methyl/N-ethyl adjacent to an activating group) is 1. The third kappa shape index (κ3) is 5.98. The summed E-state index contributed by atoms with van der Waals surface area (Å²) in [5, 5.41) is 9.88. The molecule has 0 fully saturated rings. The number of carbonyl (C=O) groups is 2. The average molecular weight is 470 g/mol. The van der Waals surface area contributed by atoms with Crippen molar-refractivity contribution in [1.29, 1.82) is 0 Å².